The van der Waals surface area contributed by atoms with Crippen molar-refractivity contribution in [3.8, 4) is 0 Å². The molecule has 3 aromatic rings. The van der Waals surface area contributed by atoms with Gasteiger partial charge in [-0.3, -0.25) is 14.4 Å². The van der Waals surface area contributed by atoms with Crippen LogP contribution in [0.15, 0.2) is 70.3 Å². The van der Waals surface area contributed by atoms with Crippen LogP contribution in [0.2, 0.25) is 0 Å². The maximum Gasteiger partial charge on any atom is 0.257 e. The van der Waals surface area contributed by atoms with E-state index in [0.29, 0.717) is 18.7 Å². The van der Waals surface area contributed by atoms with Gasteiger partial charge in [-0.1, -0.05) is 30.3 Å². The van der Waals surface area contributed by atoms with Crippen LogP contribution in [0.3, 0.4) is 0 Å². The fourth-order valence-electron chi connectivity index (χ4n) is 3.16. The maximum atomic E-state index is 13.0. The first-order valence-corrected chi connectivity index (χ1v) is 10.3. The molecule has 2 amide bonds. The Morgan fingerprint density at radius 3 is 2.26 bits per heavy atom. The van der Waals surface area contributed by atoms with Crippen molar-refractivity contribution in [2.45, 2.75) is 39.3 Å². The Labute approximate surface area is 181 Å². The summed E-state index contributed by atoms with van der Waals surface area (Å²) in [6.45, 7) is 5.97. The Morgan fingerprint density at radius 2 is 1.65 bits per heavy atom. The third-order valence-corrected chi connectivity index (χ3v) is 4.99. The molecule has 2 heterocycles. The molecule has 0 aliphatic carbocycles. The molecule has 31 heavy (non-hydrogen) atoms. The molecule has 0 radical (unpaired) electrons. The smallest absolute Gasteiger partial charge is 0.257 e. The molecular formula is C24H27N3O4. The lowest BCUT2D eigenvalue weighted by Crippen LogP contribution is -2.36. The number of amides is 2. The highest BCUT2D eigenvalue weighted by molar-refractivity contribution is 5.99. The SMILES string of the molecule is CC(NC(=O)c1cn(C(C)C)cc(C(=O)NCCc2ccccc2)c1=O)c1ccco1. The van der Waals surface area contributed by atoms with Gasteiger partial charge in [0.1, 0.15) is 16.9 Å². The van der Waals surface area contributed by atoms with E-state index in [0.717, 1.165) is 5.56 Å². The van der Waals surface area contributed by atoms with Gasteiger partial charge in [0.2, 0.25) is 5.43 Å². The van der Waals surface area contributed by atoms with Gasteiger partial charge in [0.05, 0.1) is 12.3 Å². The number of pyridine rings is 1. The van der Waals surface area contributed by atoms with Gasteiger partial charge < -0.3 is 19.6 Å². The molecule has 7 heteroatoms. The molecule has 2 aromatic heterocycles. The van der Waals surface area contributed by atoms with Gasteiger partial charge in [-0.2, -0.15) is 0 Å². The minimum Gasteiger partial charge on any atom is -0.467 e. The Hall–Kier alpha value is -3.61. The van der Waals surface area contributed by atoms with E-state index in [9.17, 15) is 14.4 Å². The van der Waals surface area contributed by atoms with Gasteiger partial charge in [-0.05, 0) is 44.9 Å². The Morgan fingerprint density at radius 1 is 0.968 bits per heavy atom. The minimum atomic E-state index is -0.599. The fourth-order valence-corrected chi connectivity index (χ4v) is 3.16. The second-order valence-corrected chi connectivity index (χ2v) is 7.66. The van der Waals surface area contributed by atoms with Crippen LogP contribution >= 0.6 is 0 Å². The molecular weight excluding hydrogens is 394 g/mol. The van der Waals surface area contributed by atoms with Gasteiger partial charge in [-0.25, -0.2) is 0 Å². The molecule has 0 aliphatic heterocycles. The van der Waals surface area contributed by atoms with Gasteiger partial charge in [-0.15, -0.1) is 0 Å². The Bertz CT molecular complexity index is 1090. The third kappa shape index (κ3) is 5.51. The van der Waals surface area contributed by atoms with Crippen LogP contribution in [-0.4, -0.2) is 22.9 Å². The molecule has 1 unspecified atom stereocenters. The largest absolute Gasteiger partial charge is 0.467 e. The topological polar surface area (TPSA) is 93.3 Å². The molecule has 1 atom stereocenters. The van der Waals surface area contributed by atoms with Crippen molar-refractivity contribution in [3.05, 3.63) is 93.8 Å². The normalized spacial score (nSPS) is 11.9. The van der Waals surface area contributed by atoms with Crippen LogP contribution in [0.25, 0.3) is 0 Å². The highest BCUT2D eigenvalue weighted by Crippen LogP contribution is 2.13. The van der Waals surface area contributed by atoms with E-state index in [-0.39, 0.29) is 17.2 Å². The lowest BCUT2D eigenvalue weighted by atomic mass is 10.1. The average molecular weight is 421 g/mol. The van der Waals surface area contributed by atoms with Crippen molar-refractivity contribution in [2.24, 2.45) is 0 Å². The number of hydrogen-bond donors (Lipinski definition) is 2. The predicted octanol–water partition coefficient (Wildman–Crippen LogP) is 3.49. The zero-order valence-corrected chi connectivity index (χ0v) is 17.9. The van der Waals surface area contributed by atoms with Crippen LogP contribution < -0.4 is 16.1 Å². The van der Waals surface area contributed by atoms with E-state index in [4.69, 9.17) is 4.42 Å². The first-order chi connectivity index (χ1) is 14.9. The second-order valence-electron chi connectivity index (χ2n) is 7.66. The summed E-state index contributed by atoms with van der Waals surface area (Å²) in [5.74, 6) is -0.473. The highest BCUT2D eigenvalue weighted by Gasteiger charge is 2.22. The molecule has 0 saturated carbocycles. The number of benzene rings is 1. The molecule has 2 N–H and O–H groups in total. The van der Waals surface area contributed by atoms with E-state index in [1.54, 1.807) is 23.6 Å². The van der Waals surface area contributed by atoms with Crippen LogP contribution in [-0.2, 0) is 6.42 Å². The van der Waals surface area contributed by atoms with Gasteiger partial charge in [0.25, 0.3) is 11.8 Å². The number of hydrogen-bond acceptors (Lipinski definition) is 4. The van der Waals surface area contributed by atoms with Crippen molar-refractivity contribution in [3.63, 3.8) is 0 Å². The van der Waals surface area contributed by atoms with Crippen molar-refractivity contribution in [1.29, 1.82) is 0 Å². The first-order valence-electron chi connectivity index (χ1n) is 10.3. The number of nitrogens with one attached hydrogen (secondary N) is 2. The predicted molar refractivity (Wildman–Crippen MR) is 118 cm³/mol. The molecule has 0 bridgehead atoms. The van der Waals surface area contributed by atoms with E-state index in [2.05, 4.69) is 10.6 Å². The van der Waals surface area contributed by atoms with Crippen LogP contribution in [0.1, 0.15) is 64.9 Å². The van der Waals surface area contributed by atoms with Crippen molar-refractivity contribution >= 4 is 11.8 Å². The summed E-state index contributed by atoms with van der Waals surface area (Å²) in [5.41, 5.74) is 0.351. The summed E-state index contributed by atoms with van der Waals surface area (Å²) in [6, 6.07) is 12.8. The molecule has 3 rings (SSSR count). The van der Waals surface area contributed by atoms with Crippen molar-refractivity contribution in [2.75, 3.05) is 6.54 Å². The number of carbonyl (C=O) groups is 2. The summed E-state index contributed by atoms with van der Waals surface area (Å²) in [4.78, 5) is 38.5. The van der Waals surface area contributed by atoms with E-state index in [1.807, 2.05) is 44.2 Å². The van der Waals surface area contributed by atoms with Gasteiger partial charge >= 0.3 is 0 Å². The quantitative estimate of drug-likeness (QED) is 0.582. The average Bonchev–Trinajstić information content (AvgIpc) is 3.29. The zero-order chi connectivity index (χ0) is 22.4. The van der Waals surface area contributed by atoms with Gasteiger partial charge in [0, 0.05) is 25.0 Å². The molecule has 162 valence electrons. The molecule has 0 saturated heterocycles. The molecule has 0 aliphatic rings. The Balaban J connectivity index is 1.79. The first kappa shape index (κ1) is 22.1. The number of carbonyl (C=O) groups excluding carboxylic acids is 2. The summed E-state index contributed by atoms with van der Waals surface area (Å²) in [6.07, 6.45) is 5.14. The lowest BCUT2D eigenvalue weighted by molar-refractivity contribution is 0.0933. The summed E-state index contributed by atoms with van der Waals surface area (Å²) in [5, 5.41) is 5.54. The minimum absolute atomic E-state index is 0.0366. The third-order valence-electron chi connectivity index (χ3n) is 4.99. The van der Waals surface area contributed by atoms with Crippen LogP contribution in [0.4, 0.5) is 0 Å². The molecule has 0 fully saturated rings. The number of rotatable bonds is 8. The molecule has 0 spiro atoms. The van der Waals surface area contributed by atoms with Crippen LogP contribution in [0, 0.1) is 0 Å². The van der Waals surface area contributed by atoms with Crippen molar-refractivity contribution in [1.82, 2.24) is 15.2 Å². The molecule has 7 nitrogen and oxygen atoms in total. The number of aromatic nitrogens is 1. The Kier molecular flexibility index (Phi) is 7.07. The number of furan rings is 1. The summed E-state index contributed by atoms with van der Waals surface area (Å²) in [7, 11) is 0. The summed E-state index contributed by atoms with van der Waals surface area (Å²) >= 11 is 0. The fraction of sp³-hybridized carbons (Fsp3) is 0.292. The van der Waals surface area contributed by atoms with E-state index in [1.165, 1.54) is 18.7 Å². The maximum absolute atomic E-state index is 13.0. The number of nitrogens with zero attached hydrogens (tertiary/aromatic N) is 1. The monoisotopic (exact) mass is 421 g/mol. The molecule has 1 aromatic carbocycles. The van der Waals surface area contributed by atoms with Crippen molar-refractivity contribution < 1.29 is 14.0 Å². The summed E-state index contributed by atoms with van der Waals surface area (Å²) < 4.78 is 7.00. The standard InChI is InChI=1S/C24H27N3O4/c1-16(2)27-14-19(23(29)25-12-11-18-8-5-4-6-9-18)22(28)20(15-27)24(30)26-17(3)21-10-7-13-31-21/h4-10,13-17H,11-12H2,1-3H3,(H,25,29)(H,26,30). The van der Waals surface area contributed by atoms with E-state index >= 15 is 0 Å². The van der Waals surface area contributed by atoms with Gasteiger partial charge in [0.15, 0.2) is 0 Å². The zero-order valence-electron chi connectivity index (χ0n) is 17.9. The second kappa shape index (κ2) is 9.93. The highest BCUT2D eigenvalue weighted by atomic mass is 16.3. The van der Waals surface area contributed by atoms with E-state index < -0.39 is 23.3 Å². The van der Waals surface area contributed by atoms with Crippen LogP contribution in [0.5, 0.6) is 0 Å². The lowest BCUT2D eigenvalue weighted by Gasteiger charge is -2.16.